The molecule has 162 valence electrons. The first kappa shape index (κ1) is 20.1. The summed E-state index contributed by atoms with van der Waals surface area (Å²) in [5, 5.41) is 3.53. The van der Waals surface area contributed by atoms with Gasteiger partial charge in [-0.2, -0.15) is 30.0 Å². The number of piperidine rings is 1. The molecule has 2 saturated heterocycles. The summed E-state index contributed by atoms with van der Waals surface area (Å²) in [6.45, 7) is 3.48. The predicted molar refractivity (Wildman–Crippen MR) is 101 cm³/mol. The first-order valence-corrected chi connectivity index (χ1v) is 11.6. The van der Waals surface area contributed by atoms with Gasteiger partial charge in [-0.15, -0.1) is 0 Å². The molecular formula is C20H26F5N3S. The van der Waals surface area contributed by atoms with E-state index >= 15 is 0 Å². The number of halogens is 5. The van der Waals surface area contributed by atoms with Crippen molar-refractivity contribution in [3.63, 3.8) is 0 Å². The molecule has 1 aromatic heterocycles. The number of hydrogen-bond acceptors (Lipinski definition) is 3. The van der Waals surface area contributed by atoms with Crippen molar-refractivity contribution in [2.75, 3.05) is 24.6 Å². The SMILES string of the molecule is C[C@H](C(F)F)n1nc(C(F)(F)F)cc1C1C2CC(N3CCC4(CC3)CSC4)CC21. The number of nitrogens with zero attached hydrogens (tertiary/aromatic N) is 3. The summed E-state index contributed by atoms with van der Waals surface area (Å²) in [6, 6.07) is 0.157. The van der Waals surface area contributed by atoms with Gasteiger partial charge in [0.15, 0.2) is 5.69 Å². The summed E-state index contributed by atoms with van der Waals surface area (Å²) in [5.41, 5.74) is -0.138. The second kappa shape index (κ2) is 6.84. The summed E-state index contributed by atoms with van der Waals surface area (Å²) in [4.78, 5) is 2.57. The molecule has 2 aliphatic heterocycles. The van der Waals surface area contributed by atoms with Crippen molar-refractivity contribution in [3.8, 4) is 0 Å². The fourth-order valence-electron chi connectivity index (χ4n) is 5.82. The van der Waals surface area contributed by atoms with Crippen molar-refractivity contribution in [1.29, 1.82) is 0 Å². The molecule has 3 nitrogen and oxygen atoms in total. The zero-order chi connectivity index (χ0) is 20.6. The molecule has 2 unspecified atom stereocenters. The fourth-order valence-corrected chi connectivity index (χ4v) is 7.18. The van der Waals surface area contributed by atoms with E-state index < -0.39 is 24.3 Å². The highest BCUT2D eigenvalue weighted by atomic mass is 32.2. The summed E-state index contributed by atoms with van der Waals surface area (Å²) in [5.74, 6) is 3.11. The van der Waals surface area contributed by atoms with Crippen LogP contribution in [0.3, 0.4) is 0 Å². The number of likely N-dealkylation sites (tertiary alicyclic amines) is 1. The zero-order valence-electron chi connectivity index (χ0n) is 16.3. The maximum Gasteiger partial charge on any atom is 0.435 e. The lowest BCUT2D eigenvalue weighted by Gasteiger charge is -2.49. The lowest BCUT2D eigenvalue weighted by atomic mass is 9.80. The zero-order valence-corrected chi connectivity index (χ0v) is 17.2. The minimum atomic E-state index is -4.61. The number of fused-ring (bicyclic) bond motifs is 1. The molecule has 2 aliphatic carbocycles. The quantitative estimate of drug-likeness (QED) is 0.618. The molecule has 3 heterocycles. The van der Waals surface area contributed by atoms with Gasteiger partial charge in [-0.05, 0) is 80.5 Å². The van der Waals surface area contributed by atoms with Gasteiger partial charge in [0.1, 0.15) is 6.04 Å². The van der Waals surface area contributed by atoms with Crippen molar-refractivity contribution in [1.82, 2.24) is 14.7 Å². The Morgan fingerprint density at radius 3 is 2.24 bits per heavy atom. The van der Waals surface area contributed by atoms with Gasteiger partial charge >= 0.3 is 6.18 Å². The number of hydrogen-bond donors (Lipinski definition) is 0. The van der Waals surface area contributed by atoms with Gasteiger partial charge in [0.2, 0.25) is 0 Å². The van der Waals surface area contributed by atoms with Gasteiger partial charge in [0.05, 0.1) is 0 Å². The van der Waals surface area contributed by atoms with Crippen LogP contribution >= 0.6 is 11.8 Å². The molecule has 4 aliphatic rings. The topological polar surface area (TPSA) is 21.1 Å². The molecule has 2 saturated carbocycles. The molecular weight excluding hydrogens is 409 g/mol. The molecule has 0 radical (unpaired) electrons. The Labute approximate surface area is 171 Å². The Morgan fingerprint density at radius 1 is 1.14 bits per heavy atom. The summed E-state index contributed by atoms with van der Waals surface area (Å²) >= 11 is 2.03. The van der Waals surface area contributed by atoms with Crippen LogP contribution in [-0.4, -0.2) is 51.7 Å². The molecule has 1 aromatic rings. The number of aromatic nitrogens is 2. The van der Waals surface area contributed by atoms with Gasteiger partial charge < -0.3 is 4.90 Å². The molecule has 9 heteroatoms. The van der Waals surface area contributed by atoms with Crippen LogP contribution in [0.1, 0.15) is 56.0 Å². The van der Waals surface area contributed by atoms with Crippen LogP contribution in [-0.2, 0) is 6.18 Å². The predicted octanol–water partition coefficient (Wildman–Crippen LogP) is 5.05. The smallest absolute Gasteiger partial charge is 0.300 e. The minimum absolute atomic E-state index is 0.0600. The first-order chi connectivity index (χ1) is 13.7. The molecule has 4 fully saturated rings. The minimum Gasteiger partial charge on any atom is -0.300 e. The average Bonchev–Trinajstić information content (AvgIpc) is 3.02. The second-order valence-corrected chi connectivity index (χ2v) is 10.5. The van der Waals surface area contributed by atoms with Crippen molar-refractivity contribution < 1.29 is 22.0 Å². The highest BCUT2D eigenvalue weighted by Gasteiger charge is 2.59. The third-order valence-electron chi connectivity index (χ3n) is 7.76. The Balaban J connectivity index is 1.27. The van der Waals surface area contributed by atoms with Crippen LogP contribution in [0.5, 0.6) is 0 Å². The number of alkyl halides is 5. The van der Waals surface area contributed by atoms with Crippen molar-refractivity contribution in [3.05, 3.63) is 17.5 Å². The van der Waals surface area contributed by atoms with Gasteiger partial charge in [-0.1, -0.05) is 0 Å². The summed E-state index contributed by atoms with van der Waals surface area (Å²) < 4.78 is 66.8. The van der Waals surface area contributed by atoms with Gasteiger partial charge in [-0.3, -0.25) is 4.68 Å². The summed E-state index contributed by atoms with van der Waals surface area (Å²) in [6.07, 6.45) is -2.92. The van der Waals surface area contributed by atoms with Crippen LogP contribution < -0.4 is 0 Å². The molecule has 5 rings (SSSR count). The van der Waals surface area contributed by atoms with Crippen LogP contribution in [0.25, 0.3) is 0 Å². The van der Waals surface area contributed by atoms with E-state index in [2.05, 4.69) is 10.00 Å². The van der Waals surface area contributed by atoms with E-state index in [-0.39, 0.29) is 5.92 Å². The monoisotopic (exact) mass is 435 g/mol. The third kappa shape index (κ3) is 3.40. The first-order valence-electron chi connectivity index (χ1n) is 10.5. The van der Waals surface area contributed by atoms with Gasteiger partial charge in [-0.25, -0.2) is 8.78 Å². The van der Waals surface area contributed by atoms with Gasteiger partial charge in [0, 0.05) is 17.7 Å². The van der Waals surface area contributed by atoms with E-state index in [1.807, 2.05) is 11.8 Å². The van der Waals surface area contributed by atoms with Crippen LogP contribution in [0, 0.1) is 17.3 Å². The Kier molecular flexibility index (Phi) is 4.74. The van der Waals surface area contributed by atoms with Gasteiger partial charge in [0.25, 0.3) is 6.43 Å². The van der Waals surface area contributed by atoms with Crippen LogP contribution in [0.15, 0.2) is 6.07 Å². The average molecular weight is 436 g/mol. The normalized spacial score (nSPS) is 35.0. The Hall–Kier alpha value is -0.830. The largest absolute Gasteiger partial charge is 0.435 e. The third-order valence-corrected chi connectivity index (χ3v) is 9.39. The van der Waals surface area contributed by atoms with E-state index in [9.17, 15) is 22.0 Å². The second-order valence-electron chi connectivity index (χ2n) is 9.48. The van der Waals surface area contributed by atoms with E-state index in [0.717, 1.165) is 36.7 Å². The van der Waals surface area contributed by atoms with E-state index in [4.69, 9.17) is 0 Å². The Bertz CT molecular complexity index is 753. The standard InChI is InChI=1S/C20H26F5N3S/c1-11(18(21)22)28-15(8-16(26-28)20(23,24)25)17-13-6-12(7-14(13)17)27-4-2-19(3-5-27)9-29-10-19/h8,11-14,17-18H,2-7,9-10H2,1H3/t11-,12?,13?,14?,17?/m1/s1. The molecule has 0 amide bonds. The van der Waals surface area contributed by atoms with Crippen molar-refractivity contribution >= 4 is 11.8 Å². The maximum atomic E-state index is 13.2. The maximum absolute atomic E-state index is 13.2. The summed E-state index contributed by atoms with van der Waals surface area (Å²) in [7, 11) is 0. The van der Waals surface area contributed by atoms with E-state index in [1.165, 1.54) is 31.3 Å². The van der Waals surface area contributed by atoms with Crippen molar-refractivity contribution in [2.45, 2.75) is 63.2 Å². The lowest BCUT2D eigenvalue weighted by molar-refractivity contribution is -0.141. The molecule has 3 atom stereocenters. The molecule has 0 N–H and O–H groups in total. The van der Waals surface area contributed by atoms with E-state index in [1.54, 1.807) is 0 Å². The molecule has 0 bridgehead atoms. The fraction of sp³-hybridized carbons (Fsp3) is 0.850. The lowest BCUT2D eigenvalue weighted by Crippen LogP contribution is -2.49. The molecule has 0 aromatic carbocycles. The van der Waals surface area contributed by atoms with E-state index in [0.29, 0.717) is 29.0 Å². The van der Waals surface area contributed by atoms with Crippen molar-refractivity contribution in [2.24, 2.45) is 17.3 Å². The molecule has 1 spiro atoms. The van der Waals surface area contributed by atoms with Crippen LogP contribution in [0.4, 0.5) is 22.0 Å². The van der Waals surface area contributed by atoms with Crippen LogP contribution in [0.2, 0.25) is 0 Å². The number of thioether (sulfide) groups is 1. The highest BCUT2D eigenvalue weighted by molar-refractivity contribution is 8.00. The highest BCUT2D eigenvalue weighted by Crippen LogP contribution is 2.64. The molecule has 29 heavy (non-hydrogen) atoms. The number of rotatable bonds is 4. The Morgan fingerprint density at radius 2 is 1.76 bits per heavy atom.